The lowest BCUT2D eigenvalue weighted by Gasteiger charge is -2.60. The maximum atomic E-state index is 13.2. The van der Waals surface area contributed by atoms with Crippen LogP contribution in [-0.4, -0.2) is 56.8 Å². The van der Waals surface area contributed by atoms with Gasteiger partial charge in [-0.05, 0) is 85.5 Å². The van der Waals surface area contributed by atoms with Gasteiger partial charge in [-0.2, -0.15) is 5.10 Å². The fraction of sp³-hybridized carbons (Fsp3) is 0.586. The van der Waals surface area contributed by atoms with Crippen molar-refractivity contribution in [2.75, 3.05) is 14.2 Å². The number of aliphatic hydroxyl groups excluding tert-OH is 1. The summed E-state index contributed by atoms with van der Waals surface area (Å²) in [5.41, 5.74) is 2.42. The van der Waals surface area contributed by atoms with E-state index in [0.29, 0.717) is 12.8 Å². The van der Waals surface area contributed by atoms with E-state index in [4.69, 9.17) is 9.94 Å². The molecule has 6 rings (SSSR count). The lowest BCUT2D eigenvalue weighted by Crippen LogP contribution is -2.63. The molecule has 4 aliphatic rings. The number of rotatable bonds is 3. The van der Waals surface area contributed by atoms with E-state index in [9.17, 15) is 15.0 Å². The standard InChI is InChI=1S/C29H37N3O4/c1-27-15-18-17-30-32(20-8-6-5-7-9-20)23(18)14-19(27)10-11-21-22-12-13-29(35,26(34)31(3)36-4)28(22,2)16-24(33)25(21)27/h5-9,14,17,21-22,24-25,33,35H,10-13,15-16H2,1-4H3. The molecule has 7 atom stereocenters. The number of hydrogen-bond acceptors (Lipinski definition) is 5. The Morgan fingerprint density at radius 1 is 1.22 bits per heavy atom. The first-order valence-corrected chi connectivity index (χ1v) is 13.2. The average molecular weight is 492 g/mol. The molecule has 7 unspecified atom stereocenters. The van der Waals surface area contributed by atoms with E-state index in [1.54, 1.807) is 7.05 Å². The van der Waals surface area contributed by atoms with Crippen molar-refractivity contribution < 1.29 is 19.8 Å². The van der Waals surface area contributed by atoms with Gasteiger partial charge in [0.25, 0.3) is 5.91 Å². The molecule has 0 radical (unpaired) electrons. The summed E-state index contributed by atoms with van der Waals surface area (Å²) in [5, 5.41) is 29.4. The van der Waals surface area contributed by atoms with Crippen molar-refractivity contribution in [3.05, 3.63) is 53.4 Å². The average Bonchev–Trinajstić information content (AvgIpc) is 3.39. The minimum atomic E-state index is -1.53. The first-order valence-electron chi connectivity index (χ1n) is 13.2. The molecule has 7 heteroatoms. The zero-order chi connectivity index (χ0) is 25.5. The molecule has 2 N–H and O–H groups in total. The number of aromatic nitrogens is 2. The molecule has 2 aromatic rings. The van der Waals surface area contributed by atoms with Gasteiger partial charge in [0.1, 0.15) is 0 Å². The molecular formula is C29H37N3O4. The zero-order valence-electron chi connectivity index (χ0n) is 21.6. The van der Waals surface area contributed by atoms with Gasteiger partial charge in [-0.25, -0.2) is 9.75 Å². The summed E-state index contributed by atoms with van der Waals surface area (Å²) in [6.07, 6.45) is 8.08. The normalized spacial score (nSPS) is 38.9. The largest absolute Gasteiger partial charge is 0.393 e. The highest BCUT2D eigenvalue weighted by atomic mass is 16.7. The number of benzene rings is 1. The number of para-hydroxylation sites is 1. The zero-order valence-corrected chi connectivity index (χ0v) is 21.6. The molecule has 3 saturated carbocycles. The van der Waals surface area contributed by atoms with Gasteiger partial charge in [0.05, 0.1) is 30.8 Å². The van der Waals surface area contributed by atoms with Crippen molar-refractivity contribution in [1.29, 1.82) is 0 Å². The Labute approximate surface area is 212 Å². The number of amides is 1. The topological polar surface area (TPSA) is 87.8 Å². The van der Waals surface area contributed by atoms with Gasteiger partial charge < -0.3 is 10.2 Å². The van der Waals surface area contributed by atoms with E-state index in [1.165, 1.54) is 18.2 Å². The van der Waals surface area contributed by atoms with Gasteiger partial charge in [0, 0.05) is 12.5 Å². The van der Waals surface area contributed by atoms with E-state index in [2.05, 4.69) is 25.1 Å². The fourth-order valence-corrected chi connectivity index (χ4v) is 8.66. The smallest absolute Gasteiger partial charge is 0.278 e. The summed E-state index contributed by atoms with van der Waals surface area (Å²) in [5.74, 6) is 0.110. The lowest BCUT2D eigenvalue weighted by molar-refractivity contribution is -0.213. The molecule has 192 valence electrons. The second-order valence-electron chi connectivity index (χ2n) is 12.0. The number of hydrogen-bond donors (Lipinski definition) is 2. The van der Waals surface area contributed by atoms with Crippen LogP contribution in [0.3, 0.4) is 0 Å². The Kier molecular flexibility index (Phi) is 5.31. The van der Waals surface area contributed by atoms with Gasteiger partial charge in [0.2, 0.25) is 0 Å². The number of allylic oxidation sites excluding steroid dienone is 1. The third-order valence-electron chi connectivity index (χ3n) is 10.5. The van der Waals surface area contributed by atoms with Crippen molar-refractivity contribution in [2.45, 2.75) is 64.1 Å². The van der Waals surface area contributed by atoms with Crippen molar-refractivity contribution in [2.24, 2.45) is 28.6 Å². The molecular weight excluding hydrogens is 454 g/mol. The highest BCUT2D eigenvalue weighted by molar-refractivity contribution is 5.85. The van der Waals surface area contributed by atoms with Gasteiger partial charge in [-0.1, -0.05) is 37.6 Å². The molecule has 0 spiro atoms. The third kappa shape index (κ3) is 3.02. The summed E-state index contributed by atoms with van der Waals surface area (Å²) in [4.78, 5) is 18.4. The van der Waals surface area contributed by atoms with E-state index in [1.807, 2.05) is 36.0 Å². The molecule has 1 amide bonds. The Morgan fingerprint density at radius 3 is 2.69 bits per heavy atom. The van der Waals surface area contributed by atoms with Crippen LogP contribution in [0.4, 0.5) is 0 Å². The Bertz CT molecular complexity index is 1220. The quantitative estimate of drug-likeness (QED) is 0.638. The predicted octanol–water partition coefficient (Wildman–Crippen LogP) is 3.78. The van der Waals surface area contributed by atoms with Crippen molar-refractivity contribution in [3.63, 3.8) is 0 Å². The van der Waals surface area contributed by atoms with Gasteiger partial charge in [0.15, 0.2) is 5.60 Å². The highest BCUT2D eigenvalue weighted by Gasteiger charge is 2.69. The number of aliphatic hydroxyl groups is 2. The Balaban J connectivity index is 1.35. The molecule has 1 aromatic carbocycles. The first kappa shape index (κ1) is 23.9. The van der Waals surface area contributed by atoms with Crippen LogP contribution in [0.15, 0.2) is 42.1 Å². The number of fused-ring (bicyclic) bond motifs is 6. The fourth-order valence-electron chi connectivity index (χ4n) is 8.66. The SMILES string of the molecule is CON(C)C(=O)C1(O)CCC2C3CCC4=Cc5c(cnn5-c5ccccc5)CC4(C)C3C(O)CC21C. The van der Waals surface area contributed by atoms with E-state index in [0.717, 1.165) is 42.1 Å². The van der Waals surface area contributed by atoms with Crippen LogP contribution in [0.25, 0.3) is 11.8 Å². The summed E-state index contributed by atoms with van der Waals surface area (Å²) in [6, 6.07) is 10.2. The monoisotopic (exact) mass is 491 g/mol. The molecule has 1 heterocycles. The van der Waals surface area contributed by atoms with Gasteiger partial charge in [-0.3, -0.25) is 9.63 Å². The van der Waals surface area contributed by atoms with E-state index in [-0.39, 0.29) is 23.2 Å². The summed E-state index contributed by atoms with van der Waals surface area (Å²) >= 11 is 0. The maximum absolute atomic E-state index is 13.2. The minimum Gasteiger partial charge on any atom is -0.393 e. The Morgan fingerprint density at radius 2 is 1.97 bits per heavy atom. The Hall–Kier alpha value is -2.48. The molecule has 1 aromatic heterocycles. The van der Waals surface area contributed by atoms with Crippen LogP contribution in [0.1, 0.15) is 57.2 Å². The minimum absolute atomic E-state index is 0.0846. The molecule has 0 saturated heterocycles. The second-order valence-corrected chi connectivity index (χ2v) is 12.0. The molecule has 0 aliphatic heterocycles. The summed E-state index contributed by atoms with van der Waals surface area (Å²) in [7, 11) is 2.99. The van der Waals surface area contributed by atoms with Crippen molar-refractivity contribution in [3.8, 4) is 5.69 Å². The molecule has 36 heavy (non-hydrogen) atoms. The molecule has 4 aliphatic carbocycles. The number of carbonyl (C=O) groups excluding carboxylic acids is 1. The van der Waals surface area contributed by atoms with Crippen LogP contribution in [-0.2, 0) is 16.1 Å². The van der Waals surface area contributed by atoms with Crippen molar-refractivity contribution in [1.82, 2.24) is 14.8 Å². The van der Waals surface area contributed by atoms with Gasteiger partial charge in [-0.15, -0.1) is 0 Å². The van der Waals surface area contributed by atoms with E-state index >= 15 is 0 Å². The molecule has 0 bridgehead atoms. The number of carbonyl (C=O) groups is 1. The lowest BCUT2D eigenvalue weighted by atomic mass is 9.45. The highest BCUT2D eigenvalue weighted by Crippen LogP contribution is 2.67. The van der Waals surface area contributed by atoms with Crippen LogP contribution in [0, 0.1) is 28.6 Å². The molecule has 7 nitrogen and oxygen atoms in total. The molecule has 3 fully saturated rings. The third-order valence-corrected chi connectivity index (χ3v) is 10.5. The van der Waals surface area contributed by atoms with Crippen LogP contribution in [0.2, 0.25) is 0 Å². The predicted molar refractivity (Wildman–Crippen MR) is 136 cm³/mol. The number of nitrogens with zero attached hydrogens (tertiary/aromatic N) is 3. The second kappa shape index (κ2) is 8.01. The van der Waals surface area contributed by atoms with Crippen LogP contribution in [0.5, 0.6) is 0 Å². The maximum Gasteiger partial charge on any atom is 0.278 e. The van der Waals surface area contributed by atoms with Gasteiger partial charge >= 0.3 is 0 Å². The van der Waals surface area contributed by atoms with Crippen LogP contribution >= 0.6 is 0 Å². The number of likely N-dealkylation sites (N-methyl/N-ethyl adjacent to an activating group) is 1. The first-order chi connectivity index (χ1) is 17.1. The number of hydroxylamine groups is 2. The summed E-state index contributed by atoms with van der Waals surface area (Å²) in [6.45, 7) is 4.33. The van der Waals surface area contributed by atoms with Crippen molar-refractivity contribution >= 4 is 12.0 Å². The van der Waals surface area contributed by atoms with E-state index < -0.39 is 23.0 Å². The summed E-state index contributed by atoms with van der Waals surface area (Å²) < 4.78 is 2.03. The van der Waals surface area contributed by atoms with Crippen LogP contribution < -0.4 is 0 Å².